The normalized spacial score (nSPS) is 10.5. The van der Waals surface area contributed by atoms with Crippen LogP contribution in [0.25, 0.3) is 0 Å². The zero-order chi connectivity index (χ0) is 15.8. The zero-order valence-corrected chi connectivity index (χ0v) is 12.7. The molecule has 0 spiro atoms. The van der Waals surface area contributed by atoms with E-state index in [1.807, 2.05) is 20.8 Å². The second kappa shape index (κ2) is 8.26. The van der Waals surface area contributed by atoms with Gasteiger partial charge in [-0.3, -0.25) is 10.1 Å². The molecule has 1 aromatic rings. The van der Waals surface area contributed by atoms with E-state index < -0.39 is 4.92 Å². The number of ether oxygens (including phenoxy) is 2. The molecule has 6 nitrogen and oxygen atoms in total. The Hall–Kier alpha value is -2.08. The fourth-order valence-corrected chi connectivity index (χ4v) is 1.71. The van der Waals surface area contributed by atoms with Gasteiger partial charge in [-0.2, -0.15) is 0 Å². The molecule has 6 heteroatoms. The highest BCUT2D eigenvalue weighted by molar-refractivity contribution is 5.68. The molecule has 0 saturated heterocycles. The van der Waals surface area contributed by atoms with E-state index in [0.717, 1.165) is 5.57 Å². The van der Waals surface area contributed by atoms with Crippen LogP contribution in [-0.2, 0) is 4.74 Å². The highest BCUT2D eigenvalue weighted by Gasteiger charge is 2.21. The highest BCUT2D eigenvalue weighted by Crippen LogP contribution is 2.35. The fourth-order valence-electron chi connectivity index (χ4n) is 1.71. The van der Waals surface area contributed by atoms with Gasteiger partial charge in [-0.15, -0.1) is 0 Å². The van der Waals surface area contributed by atoms with Gasteiger partial charge in [0.15, 0.2) is 5.75 Å². The van der Waals surface area contributed by atoms with Gasteiger partial charge in [0.25, 0.3) is 0 Å². The van der Waals surface area contributed by atoms with Gasteiger partial charge in [0.05, 0.1) is 24.2 Å². The standard InChI is InChI=1S/C15H22N2O4/c1-11(2)10-20-9-8-16-13-6-5-7-14(21-12(3)4)15(13)17(18)19/h5-7,12,16H,1,8-10H2,2-4H3. The maximum absolute atomic E-state index is 11.2. The van der Waals surface area contributed by atoms with Crippen LogP contribution in [0.1, 0.15) is 20.8 Å². The molecule has 0 amide bonds. The topological polar surface area (TPSA) is 73.6 Å². The smallest absolute Gasteiger partial charge is 0.333 e. The first-order chi connectivity index (χ1) is 9.91. The maximum Gasteiger partial charge on any atom is 0.333 e. The van der Waals surface area contributed by atoms with Crippen molar-refractivity contribution in [3.8, 4) is 5.75 Å². The van der Waals surface area contributed by atoms with Gasteiger partial charge in [0.1, 0.15) is 5.69 Å². The van der Waals surface area contributed by atoms with Crippen molar-refractivity contribution in [3.05, 3.63) is 40.5 Å². The Kier molecular flexibility index (Phi) is 6.68. The Labute approximate surface area is 124 Å². The Balaban J connectivity index is 2.72. The Bertz CT molecular complexity index is 500. The average Bonchev–Trinajstić information content (AvgIpc) is 2.36. The van der Waals surface area contributed by atoms with Crippen molar-refractivity contribution in [2.75, 3.05) is 25.1 Å². The molecule has 0 unspecified atom stereocenters. The van der Waals surface area contributed by atoms with E-state index >= 15 is 0 Å². The Morgan fingerprint density at radius 3 is 2.76 bits per heavy atom. The highest BCUT2D eigenvalue weighted by atomic mass is 16.6. The lowest BCUT2D eigenvalue weighted by atomic mass is 10.2. The predicted molar refractivity (Wildman–Crippen MR) is 83.0 cm³/mol. The molecule has 0 aliphatic rings. The van der Waals surface area contributed by atoms with Gasteiger partial charge in [-0.05, 0) is 32.9 Å². The molecule has 1 aromatic carbocycles. The second-order valence-corrected chi connectivity index (χ2v) is 5.01. The minimum absolute atomic E-state index is 0.0499. The van der Waals surface area contributed by atoms with Crippen molar-refractivity contribution in [1.29, 1.82) is 0 Å². The van der Waals surface area contributed by atoms with Crippen LogP contribution in [0.3, 0.4) is 0 Å². The molecule has 0 radical (unpaired) electrons. The number of rotatable bonds is 9. The van der Waals surface area contributed by atoms with Crippen LogP contribution >= 0.6 is 0 Å². The third-order valence-corrected chi connectivity index (χ3v) is 2.45. The summed E-state index contributed by atoms with van der Waals surface area (Å²) in [4.78, 5) is 10.8. The second-order valence-electron chi connectivity index (χ2n) is 5.01. The molecule has 0 atom stereocenters. The zero-order valence-electron chi connectivity index (χ0n) is 12.7. The summed E-state index contributed by atoms with van der Waals surface area (Å²) in [6.07, 6.45) is -0.127. The first-order valence-corrected chi connectivity index (χ1v) is 6.82. The maximum atomic E-state index is 11.2. The average molecular weight is 294 g/mol. The van der Waals surface area contributed by atoms with Crippen LogP contribution in [0, 0.1) is 10.1 Å². The van der Waals surface area contributed by atoms with E-state index in [4.69, 9.17) is 9.47 Å². The number of nitrogens with zero attached hydrogens (tertiary/aromatic N) is 1. The number of anilines is 1. The molecule has 1 rings (SSSR count). The number of nitrogens with one attached hydrogen (secondary N) is 1. The summed E-state index contributed by atoms with van der Waals surface area (Å²) in [5.41, 5.74) is 1.32. The van der Waals surface area contributed by atoms with E-state index in [2.05, 4.69) is 11.9 Å². The minimum atomic E-state index is -0.436. The molecule has 0 aliphatic carbocycles. The monoisotopic (exact) mass is 294 g/mol. The van der Waals surface area contributed by atoms with Crippen molar-refractivity contribution >= 4 is 11.4 Å². The molecule has 0 aromatic heterocycles. The molecular formula is C15H22N2O4. The van der Waals surface area contributed by atoms with Gasteiger partial charge >= 0.3 is 5.69 Å². The van der Waals surface area contributed by atoms with E-state index in [0.29, 0.717) is 25.4 Å². The quantitative estimate of drug-likeness (QED) is 0.327. The van der Waals surface area contributed by atoms with Crippen molar-refractivity contribution in [2.24, 2.45) is 0 Å². The molecule has 0 bridgehead atoms. The first-order valence-electron chi connectivity index (χ1n) is 6.82. The third kappa shape index (κ3) is 5.83. The lowest BCUT2D eigenvalue weighted by Crippen LogP contribution is -2.13. The predicted octanol–water partition coefficient (Wildman–Crippen LogP) is 3.39. The summed E-state index contributed by atoms with van der Waals surface area (Å²) in [6, 6.07) is 4.98. The van der Waals surface area contributed by atoms with E-state index in [1.165, 1.54) is 0 Å². The van der Waals surface area contributed by atoms with Crippen LogP contribution in [0.4, 0.5) is 11.4 Å². The lowest BCUT2D eigenvalue weighted by Gasteiger charge is -2.13. The van der Waals surface area contributed by atoms with Crippen molar-refractivity contribution in [1.82, 2.24) is 0 Å². The van der Waals surface area contributed by atoms with Gasteiger partial charge in [0.2, 0.25) is 0 Å². The van der Waals surface area contributed by atoms with Gasteiger partial charge < -0.3 is 14.8 Å². The van der Waals surface area contributed by atoms with Crippen molar-refractivity contribution in [2.45, 2.75) is 26.9 Å². The minimum Gasteiger partial charge on any atom is -0.484 e. The third-order valence-electron chi connectivity index (χ3n) is 2.45. The number of hydrogen-bond donors (Lipinski definition) is 1. The van der Waals surface area contributed by atoms with Crippen LogP contribution < -0.4 is 10.1 Å². The number of nitro benzene ring substituents is 1. The van der Waals surface area contributed by atoms with Crippen molar-refractivity contribution < 1.29 is 14.4 Å². The number of para-hydroxylation sites is 1. The Morgan fingerprint density at radius 2 is 2.19 bits per heavy atom. The largest absolute Gasteiger partial charge is 0.484 e. The molecule has 0 fully saturated rings. The van der Waals surface area contributed by atoms with Crippen LogP contribution in [0.5, 0.6) is 5.75 Å². The Morgan fingerprint density at radius 1 is 1.48 bits per heavy atom. The summed E-state index contributed by atoms with van der Waals surface area (Å²) < 4.78 is 10.8. The molecular weight excluding hydrogens is 272 g/mol. The van der Waals surface area contributed by atoms with Crippen LogP contribution in [-0.4, -0.2) is 30.8 Å². The number of hydrogen-bond acceptors (Lipinski definition) is 5. The first kappa shape index (κ1) is 17.0. The van der Waals surface area contributed by atoms with Gasteiger partial charge in [-0.1, -0.05) is 18.2 Å². The van der Waals surface area contributed by atoms with Gasteiger partial charge in [-0.25, -0.2) is 0 Å². The SMILES string of the molecule is C=C(C)COCCNc1cccc(OC(C)C)c1[N+](=O)[O-]. The number of nitro groups is 1. The summed E-state index contributed by atoms with van der Waals surface area (Å²) in [5.74, 6) is 0.267. The fraction of sp³-hybridized carbons (Fsp3) is 0.467. The molecule has 116 valence electrons. The molecule has 1 N–H and O–H groups in total. The summed E-state index contributed by atoms with van der Waals surface area (Å²) in [6.45, 7) is 10.7. The van der Waals surface area contributed by atoms with E-state index in [9.17, 15) is 10.1 Å². The molecule has 0 saturated carbocycles. The molecule has 0 aliphatic heterocycles. The van der Waals surface area contributed by atoms with Gasteiger partial charge in [0, 0.05) is 6.54 Å². The molecule has 0 heterocycles. The van der Waals surface area contributed by atoms with Crippen LogP contribution in [0.2, 0.25) is 0 Å². The summed E-state index contributed by atoms with van der Waals surface area (Å²) >= 11 is 0. The molecule has 21 heavy (non-hydrogen) atoms. The number of benzene rings is 1. The lowest BCUT2D eigenvalue weighted by molar-refractivity contribution is -0.385. The summed E-state index contributed by atoms with van der Waals surface area (Å²) in [7, 11) is 0. The summed E-state index contributed by atoms with van der Waals surface area (Å²) in [5, 5.41) is 14.3. The van der Waals surface area contributed by atoms with Crippen LogP contribution in [0.15, 0.2) is 30.4 Å². The van der Waals surface area contributed by atoms with Crippen molar-refractivity contribution in [3.63, 3.8) is 0 Å². The van der Waals surface area contributed by atoms with E-state index in [-0.39, 0.29) is 17.5 Å². The van der Waals surface area contributed by atoms with E-state index in [1.54, 1.807) is 18.2 Å².